The average Bonchev–Trinajstić information content (AvgIpc) is 2.64. The molecule has 4 nitrogen and oxygen atoms in total. The molecule has 0 aliphatic carbocycles. The van der Waals surface area contributed by atoms with Gasteiger partial charge in [0.25, 0.3) is 0 Å². The lowest BCUT2D eigenvalue weighted by molar-refractivity contribution is 0.211. The molecule has 0 heterocycles. The molecule has 3 aromatic rings. The second-order valence-electron chi connectivity index (χ2n) is 5.87. The smallest absolute Gasteiger partial charge is 0.409 e. The average molecular weight is 386 g/mol. The maximum atomic E-state index is 15.3. The fraction of sp³-hybridized carbons (Fsp3) is 0.0952. The molecule has 0 saturated carbocycles. The molecule has 0 aliphatic rings. The predicted octanol–water partition coefficient (Wildman–Crippen LogP) is 5.20. The first-order chi connectivity index (χ1) is 13.0. The number of hydrogen-bond donors (Lipinski definition) is 1. The van der Waals surface area contributed by atoms with Crippen LogP contribution in [0.2, 0.25) is 5.02 Å². The second-order valence-corrected chi connectivity index (χ2v) is 6.30. The van der Waals surface area contributed by atoms with Crippen LogP contribution in [-0.4, -0.2) is 13.2 Å². The second kappa shape index (κ2) is 8.10. The Bertz CT molecular complexity index is 974. The summed E-state index contributed by atoms with van der Waals surface area (Å²) in [6.07, 6.45) is -0.518. The number of amides is 1. The van der Waals surface area contributed by atoms with Crippen LogP contribution >= 0.6 is 11.6 Å². The van der Waals surface area contributed by atoms with E-state index in [1.807, 2.05) is 0 Å². The Morgan fingerprint density at radius 2 is 1.85 bits per heavy atom. The summed E-state index contributed by atoms with van der Waals surface area (Å²) < 4.78 is 25.4. The van der Waals surface area contributed by atoms with Gasteiger partial charge in [0.05, 0.1) is 12.7 Å². The highest BCUT2D eigenvalue weighted by atomic mass is 35.5. The first-order valence-electron chi connectivity index (χ1n) is 8.15. The normalized spacial score (nSPS) is 10.5. The molecule has 27 heavy (non-hydrogen) atoms. The Balaban J connectivity index is 1.95. The van der Waals surface area contributed by atoms with E-state index in [0.29, 0.717) is 39.6 Å². The van der Waals surface area contributed by atoms with Crippen LogP contribution < -0.4 is 15.2 Å². The van der Waals surface area contributed by atoms with E-state index >= 15 is 4.39 Å². The summed E-state index contributed by atoms with van der Waals surface area (Å²) in [5, 5.41) is 0.518. The number of benzene rings is 3. The Morgan fingerprint density at radius 3 is 2.48 bits per heavy atom. The van der Waals surface area contributed by atoms with Crippen LogP contribution in [0.5, 0.6) is 11.5 Å². The first-order valence-corrected chi connectivity index (χ1v) is 8.53. The highest BCUT2D eigenvalue weighted by Crippen LogP contribution is 2.36. The quantitative estimate of drug-likeness (QED) is 0.656. The van der Waals surface area contributed by atoms with Gasteiger partial charge in [0.2, 0.25) is 0 Å². The van der Waals surface area contributed by atoms with Crippen LogP contribution in [0.25, 0.3) is 11.1 Å². The summed E-state index contributed by atoms with van der Waals surface area (Å²) in [5.74, 6) is 0.402. The van der Waals surface area contributed by atoms with Crippen molar-refractivity contribution in [2.45, 2.75) is 6.42 Å². The Hall–Kier alpha value is -3.05. The van der Waals surface area contributed by atoms with Crippen molar-refractivity contribution in [3.05, 3.63) is 82.6 Å². The number of ether oxygens (including phenoxy) is 2. The Morgan fingerprint density at radius 1 is 1.11 bits per heavy atom. The SMILES string of the molecule is COc1ccc(Cc2ccc(OC(N)=O)cc2)c(F)c1-c1cccc(Cl)c1. The van der Waals surface area contributed by atoms with Gasteiger partial charge in [-0.3, -0.25) is 0 Å². The third kappa shape index (κ3) is 4.38. The van der Waals surface area contributed by atoms with Crippen LogP contribution in [-0.2, 0) is 6.42 Å². The van der Waals surface area contributed by atoms with E-state index in [0.717, 1.165) is 5.56 Å². The van der Waals surface area contributed by atoms with Gasteiger partial charge in [0.1, 0.15) is 17.3 Å². The van der Waals surface area contributed by atoms with E-state index in [1.54, 1.807) is 60.7 Å². The number of carbonyl (C=O) groups excluding carboxylic acids is 1. The molecular formula is C21H17ClFNO3. The molecule has 0 saturated heterocycles. The molecule has 0 spiro atoms. The fourth-order valence-corrected chi connectivity index (χ4v) is 3.02. The molecule has 2 N–H and O–H groups in total. The van der Waals surface area contributed by atoms with E-state index in [-0.39, 0.29) is 5.82 Å². The third-order valence-electron chi connectivity index (χ3n) is 4.05. The highest BCUT2D eigenvalue weighted by molar-refractivity contribution is 6.30. The van der Waals surface area contributed by atoms with Crippen LogP contribution in [0, 0.1) is 5.82 Å². The number of primary amides is 1. The molecule has 3 aromatic carbocycles. The molecule has 0 unspecified atom stereocenters. The Labute approximate surface area is 161 Å². The van der Waals surface area contributed by atoms with Crippen LogP contribution in [0.15, 0.2) is 60.7 Å². The van der Waals surface area contributed by atoms with Gasteiger partial charge in [0, 0.05) is 11.4 Å². The van der Waals surface area contributed by atoms with Crippen molar-refractivity contribution < 1.29 is 18.7 Å². The lowest BCUT2D eigenvalue weighted by Gasteiger charge is -2.14. The van der Waals surface area contributed by atoms with Crippen molar-refractivity contribution in [1.82, 2.24) is 0 Å². The number of carbonyl (C=O) groups is 1. The molecule has 6 heteroatoms. The number of hydrogen-bond acceptors (Lipinski definition) is 3. The molecule has 0 bridgehead atoms. The lowest BCUT2D eigenvalue weighted by atomic mass is 9.97. The van der Waals surface area contributed by atoms with Crippen LogP contribution in [0.4, 0.5) is 9.18 Å². The molecule has 3 rings (SSSR count). The van der Waals surface area contributed by atoms with Gasteiger partial charge in [-0.1, -0.05) is 41.9 Å². The fourth-order valence-electron chi connectivity index (χ4n) is 2.83. The van der Waals surface area contributed by atoms with Crippen molar-refractivity contribution in [2.75, 3.05) is 7.11 Å². The van der Waals surface area contributed by atoms with E-state index in [4.69, 9.17) is 26.8 Å². The molecule has 0 fully saturated rings. The largest absolute Gasteiger partial charge is 0.496 e. The first kappa shape index (κ1) is 18.7. The summed E-state index contributed by atoms with van der Waals surface area (Å²) in [5.41, 5.74) is 7.36. The molecule has 1 amide bonds. The van der Waals surface area contributed by atoms with Crippen molar-refractivity contribution >= 4 is 17.7 Å². The zero-order valence-electron chi connectivity index (χ0n) is 14.5. The van der Waals surface area contributed by atoms with Gasteiger partial charge in [-0.15, -0.1) is 0 Å². The predicted molar refractivity (Wildman–Crippen MR) is 103 cm³/mol. The number of rotatable bonds is 5. The standard InChI is InChI=1S/C21H17ClFNO3/c1-26-18-10-7-15(11-13-5-8-17(9-6-13)27-21(24)25)20(23)19(18)14-3-2-4-16(22)12-14/h2-10,12H,11H2,1H3,(H2,24,25). The monoisotopic (exact) mass is 385 g/mol. The van der Waals surface area contributed by atoms with Gasteiger partial charge in [-0.05, 0) is 47.0 Å². The summed E-state index contributed by atoms with van der Waals surface area (Å²) in [7, 11) is 1.50. The van der Waals surface area contributed by atoms with Gasteiger partial charge >= 0.3 is 6.09 Å². The lowest BCUT2D eigenvalue weighted by Crippen LogP contribution is -2.16. The van der Waals surface area contributed by atoms with Crippen molar-refractivity contribution in [3.8, 4) is 22.6 Å². The van der Waals surface area contributed by atoms with Crippen molar-refractivity contribution in [1.29, 1.82) is 0 Å². The number of halogens is 2. The molecule has 0 aromatic heterocycles. The maximum Gasteiger partial charge on any atom is 0.409 e. The van der Waals surface area contributed by atoms with E-state index < -0.39 is 6.09 Å². The Kier molecular flexibility index (Phi) is 5.62. The molecule has 0 atom stereocenters. The highest BCUT2D eigenvalue weighted by Gasteiger charge is 2.16. The maximum absolute atomic E-state index is 15.3. The summed E-state index contributed by atoms with van der Waals surface area (Å²) in [6.45, 7) is 0. The molecule has 0 radical (unpaired) electrons. The van der Waals surface area contributed by atoms with Gasteiger partial charge in [-0.2, -0.15) is 0 Å². The van der Waals surface area contributed by atoms with E-state index in [9.17, 15) is 4.79 Å². The molecular weight excluding hydrogens is 369 g/mol. The van der Waals surface area contributed by atoms with Gasteiger partial charge < -0.3 is 15.2 Å². The van der Waals surface area contributed by atoms with E-state index in [2.05, 4.69) is 0 Å². The van der Waals surface area contributed by atoms with Crippen LogP contribution in [0.3, 0.4) is 0 Å². The zero-order valence-corrected chi connectivity index (χ0v) is 15.3. The minimum Gasteiger partial charge on any atom is -0.496 e. The number of nitrogens with two attached hydrogens (primary N) is 1. The summed E-state index contributed by atoms with van der Waals surface area (Å²) in [6, 6.07) is 17.1. The minimum atomic E-state index is -0.880. The van der Waals surface area contributed by atoms with Crippen molar-refractivity contribution in [2.24, 2.45) is 5.73 Å². The van der Waals surface area contributed by atoms with Gasteiger partial charge in [0.15, 0.2) is 0 Å². The van der Waals surface area contributed by atoms with Gasteiger partial charge in [-0.25, -0.2) is 9.18 Å². The topological polar surface area (TPSA) is 61.6 Å². The van der Waals surface area contributed by atoms with Crippen LogP contribution in [0.1, 0.15) is 11.1 Å². The number of methoxy groups -OCH3 is 1. The van der Waals surface area contributed by atoms with E-state index in [1.165, 1.54) is 7.11 Å². The van der Waals surface area contributed by atoms with Crippen molar-refractivity contribution in [3.63, 3.8) is 0 Å². The third-order valence-corrected chi connectivity index (χ3v) is 4.29. The zero-order chi connectivity index (χ0) is 19.4. The minimum absolute atomic E-state index is 0.334. The summed E-state index contributed by atoms with van der Waals surface area (Å²) in [4.78, 5) is 10.8. The summed E-state index contributed by atoms with van der Waals surface area (Å²) >= 11 is 6.05. The molecule has 138 valence electrons. The molecule has 0 aliphatic heterocycles.